The number of carbonyl (C=O) groups is 1. The van der Waals surface area contributed by atoms with Crippen molar-refractivity contribution in [1.82, 2.24) is 10.3 Å². The van der Waals surface area contributed by atoms with Crippen LogP contribution < -0.4 is 5.32 Å². The van der Waals surface area contributed by atoms with Crippen molar-refractivity contribution < 1.29 is 9.90 Å². The van der Waals surface area contributed by atoms with Crippen LogP contribution in [0.1, 0.15) is 17.4 Å². The van der Waals surface area contributed by atoms with Crippen LogP contribution in [-0.2, 0) is 0 Å². The molecule has 0 atom stereocenters. The fourth-order valence-corrected chi connectivity index (χ4v) is 1.89. The van der Waals surface area contributed by atoms with Crippen molar-refractivity contribution in [2.24, 2.45) is 0 Å². The lowest BCUT2D eigenvalue weighted by Crippen LogP contribution is -2.23. The van der Waals surface area contributed by atoms with Gasteiger partial charge in [0.05, 0.1) is 0 Å². The average Bonchev–Trinajstić information content (AvgIpc) is 2.38. The van der Waals surface area contributed by atoms with Crippen molar-refractivity contribution in [2.45, 2.75) is 6.92 Å². The molecule has 0 aliphatic carbocycles. The second kappa shape index (κ2) is 5.71. The predicted octanol–water partition coefficient (Wildman–Crippen LogP) is 2.86. The summed E-state index contributed by atoms with van der Waals surface area (Å²) in [5.41, 5.74) is 1.55. The van der Waals surface area contributed by atoms with Crippen LogP contribution >= 0.6 is 11.6 Å². The summed E-state index contributed by atoms with van der Waals surface area (Å²) in [6.07, 6.45) is 1.54. The average molecular weight is 277 g/mol. The maximum atomic E-state index is 11.6. The maximum absolute atomic E-state index is 11.6. The van der Waals surface area contributed by atoms with Crippen molar-refractivity contribution in [1.29, 1.82) is 0 Å². The van der Waals surface area contributed by atoms with E-state index >= 15 is 0 Å². The topological polar surface area (TPSA) is 62.2 Å². The maximum Gasteiger partial charge on any atom is 0.273 e. The Kier molecular flexibility index (Phi) is 4.02. The van der Waals surface area contributed by atoms with E-state index in [0.29, 0.717) is 17.1 Å². The standard InChI is InChI=1S/C14H13ClN2O2/c1-2-16-14(19)13-12(18)7-10(8-17-13)9-4-3-5-11(15)6-9/h3-8,18H,2H2,1H3,(H,16,19). The minimum atomic E-state index is -0.391. The number of nitrogens with zero attached hydrogens (tertiary/aromatic N) is 1. The number of hydrogen-bond donors (Lipinski definition) is 2. The highest BCUT2D eigenvalue weighted by atomic mass is 35.5. The number of benzene rings is 1. The molecule has 0 unspecified atom stereocenters. The highest BCUT2D eigenvalue weighted by Crippen LogP contribution is 2.26. The molecule has 2 N–H and O–H groups in total. The molecule has 4 nitrogen and oxygen atoms in total. The minimum absolute atomic E-state index is 0.0210. The van der Waals surface area contributed by atoms with Crippen LogP contribution in [-0.4, -0.2) is 22.5 Å². The zero-order valence-corrected chi connectivity index (χ0v) is 11.1. The van der Waals surface area contributed by atoms with Crippen molar-refractivity contribution in [3.63, 3.8) is 0 Å². The highest BCUT2D eigenvalue weighted by molar-refractivity contribution is 6.30. The van der Waals surface area contributed by atoms with Gasteiger partial charge in [-0.2, -0.15) is 0 Å². The first kappa shape index (κ1) is 13.4. The first-order chi connectivity index (χ1) is 9.11. The molecule has 0 bridgehead atoms. The third-order valence-corrected chi connectivity index (χ3v) is 2.81. The SMILES string of the molecule is CCNC(=O)c1ncc(-c2cccc(Cl)c2)cc1O. The van der Waals surface area contributed by atoms with E-state index in [0.717, 1.165) is 5.56 Å². The zero-order valence-electron chi connectivity index (χ0n) is 10.4. The number of carbonyl (C=O) groups excluding carboxylic acids is 1. The molecule has 0 aliphatic rings. The summed E-state index contributed by atoms with van der Waals surface area (Å²) >= 11 is 5.91. The summed E-state index contributed by atoms with van der Waals surface area (Å²) < 4.78 is 0. The van der Waals surface area contributed by atoms with Gasteiger partial charge in [0.2, 0.25) is 0 Å². The van der Waals surface area contributed by atoms with Crippen molar-refractivity contribution in [3.8, 4) is 16.9 Å². The van der Waals surface area contributed by atoms with E-state index in [1.54, 1.807) is 19.1 Å². The van der Waals surface area contributed by atoms with Gasteiger partial charge in [-0.3, -0.25) is 4.79 Å². The molecule has 19 heavy (non-hydrogen) atoms. The normalized spacial score (nSPS) is 10.2. The van der Waals surface area contributed by atoms with Gasteiger partial charge in [-0.05, 0) is 30.7 Å². The first-order valence-corrected chi connectivity index (χ1v) is 6.22. The third-order valence-electron chi connectivity index (χ3n) is 2.58. The number of hydrogen-bond acceptors (Lipinski definition) is 3. The van der Waals surface area contributed by atoms with Crippen LogP contribution in [0, 0.1) is 0 Å². The number of aromatic nitrogens is 1. The third kappa shape index (κ3) is 3.03. The lowest BCUT2D eigenvalue weighted by atomic mass is 10.1. The molecule has 1 aromatic carbocycles. The van der Waals surface area contributed by atoms with Gasteiger partial charge in [0.1, 0.15) is 5.75 Å². The predicted molar refractivity (Wildman–Crippen MR) is 74.4 cm³/mol. The van der Waals surface area contributed by atoms with Gasteiger partial charge < -0.3 is 10.4 Å². The number of aromatic hydroxyl groups is 1. The van der Waals surface area contributed by atoms with Crippen molar-refractivity contribution in [2.75, 3.05) is 6.54 Å². The van der Waals surface area contributed by atoms with Gasteiger partial charge in [-0.1, -0.05) is 23.7 Å². The van der Waals surface area contributed by atoms with E-state index < -0.39 is 5.91 Å². The summed E-state index contributed by atoms with van der Waals surface area (Å²) in [5, 5.41) is 13.1. The molecule has 0 saturated heterocycles. The zero-order chi connectivity index (χ0) is 13.8. The largest absolute Gasteiger partial charge is 0.505 e. The molecule has 1 aromatic heterocycles. The summed E-state index contributed by atoms with van der Waals surface area (Å²) in [6, 6.07) is 8.70. The molecule has 0 radical (unpaired) electrons. The lowest BCUT2D eigenvalue weighted by Gasteiger charge is -2.07. The van der Waals surface area contributed by atoms with Crippen LogP contribution in [0.2, 0.25) is 5.02 Å². The van der Waals surface area contributed by atoms with Crippen molar-refractivity contribution >= 4 is 17.5 Å². The number of amides is 1. The van der Waals surface area contributed by atoms with E-state index in [2.05, 4.69) is 10.3 Å². The summed E-state index contributed by atoms with van der Waals surface area (Å²) in [6.45, 7) is 2.28. The van der Waals surface area contributed by atoms with Crippen LogP contribution in [0.5, 0.6) is 5.75 Å². The molecule has 1 amide bonds. The van der Waals surface area contributed by atoms with E-state index in [-0.39, 0.29) is 11.4 Å². The molecule has 0 aliphatic heterocycles. The second-order valence-electron chi connectivity index (χ2n) is 3.96. The molecule has 2 rings (SSSR count). The van der Waals surface area contributed by atoms with Gasteiger partial charge >= 0.3 is 0 Å². The Bertz CT molecular complexity index is 614. The Hall–Kier alpha value is -2.07. The van der Waals surface area contributed by atoms with E-state index in [1.165, 1.54) is 12.3 Å². The number of nitrogens with one attached hydrogen (secondary N) is 1. The van der Waals surface area contributed by atoms with E-state index in [1.807, 2.05) is 12.1 Å². The number of pyridine rings is 1. The van der Waals surface area contributed by atoms with Gasteiger partial charge in [0, 0.05) is 23.3 Å². The number of rotatable bonds is 3. The molecule has 0 saturated carbocycles. The van der Waals surface area contributed by atoms with Gasteiger partial charge in [0.15, 0.2) is 5.69 Å². The van der Waals surface area contributed by atoms with Crippen LogP contribution in [0.25, 0.3) is 11.1 Å². The summed E-state index contributed by atoms with van der Waals surface area (Å²) in [7, 11) is 0. The Morgan fingerprint density at radius 3 is 2.79 bits per heavy atom. The molecule has 2 aromatic rings. The molecule has 0 fully saturated rings. The van der Waals surface area contributed by atoms with Crippen LogP contribution in [0.3, 0.4) is 0 Å². The Balaban J connectivity index is 2.36. The van der Waals surface area contributed by atoms with Gasteiger partial charge in [0.25, 0.3) is 5.91 Å². The van der Waals surface area contributed by atoms with Gasteiger partial charge in [-0.25, -0.2) is 4.98 Å². The highest BCUT2D eigenvalue weighted by Gasteiger charge is 2.13. The Morgan fingerprint density at radius 1 is 1.37 bits per heavy atom. The second-order valence-corrected chi connectivity index (χ2v) is 4.40. The fraction of sp³-hybridized carbons (Fsp3) is 0.143. The molecular weight excluding hydrogens is 264 g/mol. The fourth-order valence-electron chi connectivity index (χ4n) is 1.70. The minimum Gasteiger partial charge on any atom is -0.505 e. The molecular formula is C14H13ClN2O2. The Morgan fingerprint density at radius 2 is 2.16 bits per heavy atom. The van der Waals surface area contributed by atoms with Crippen LogP contribution in [0.4, 0.5) is 0 Å². The smallest absolute Gasteiger partial charge is 0.273 e. The first-order valence-electron chi connectivity index (χ1n) is 5.85. The molecule has 0 spiro atoms. The molecule has 98 valence electrons. The summed E-state index contributed by atoms with van der Waals surface area (Å²) in [5.74, 6) is -0.541. The number of halogens is 1. The van der Waals surface area contributed by atoms with E-state index in [4.69, 9.17) is 11.6 Å². The van der Waals surface area contributed by atoms with Crippen LogP contribution in [0.15, 0.2) is 36.5 Å². The lowest BCUT2D eigenvalue weighted by molar-refractivity contribution is 0.0948. The quantitative estimate of drug-likeness (QED) is 0.906. The molecule has 5 heteroatoms. The molecule has 1 heterocycles. The monoisotopic (exact) mass is 276 g/mol. The van der Waals surface area contributed by atoms with E-state index in [9.17, 15) is 9.90 Å². The Labute approximate surface area is 116 Å². The van der Waals surface area contributed by atoms with Crippen molar-refractivity contribution in [3.05, 3.63) is 47.2 Å². The summed E-state index contributed by atoms with van der Waals surface area (Å²) in [4.78, 5) is 15.6. The van der Waals surface area contributed by atoms with Gasteiger partial charge in [-0.15, -0.1) is 0 Å².